The number of para-hydroxylation sites is 1. The standard InChI is InChI=1S/C17H17ClN/c1-2-16(13-7-4-3-5-8-13)19-12-11-14-9-6-10-15(18)17(14)19/h3-10,16H,1-2,11-12H2. The van der Waals surface area contributed by atoms with Crippen LogP contribution in [0.5, 0.6) is 0 Å². The molecule has 1 aliphatic rings. The van der Waals surface area contributed by atoms with Crippen molar-refractivity contribution < 1.29 is 0 Å². The quantitative estimate of drug-likeness (QED) is 0.784. The average Bonchev–Trinajstić information content (AvgIpc) is 2.86. The van der Waals surface area contributed by atoms with Gasteiger partial charge in [0.15, 0.2) is 0 Å². The van der Waals surface area contributed by atoms with Crippen LogP contribution in [0.25, 0.3) is 0 Å². The Hall–Kier alpha value is -1.47. The van der Waals surface area contributed by atoms with E-state index in [1.165, 1.54) is 16.8 Å². The molecule has 19 heavy (non-hydrogen) atoms. The summed E-state index contributed by atoms with van der Waals surface area (Å²) in [6, 6.07) is 17.1. The van der Waals surface area contributed by atoms with Gasteiger partial charge in [-0.05, 0) is 30.0 Å². The molecule has 0 fully saturated rings. The maximum absolute atomic E-state index is 6.39. The van der Waals surface area contributed by atoms with Crippen molar-refractivity contribution in [2.45, 2.75) is 18.9 Å². The molecule has 3 rings (SSSR count). The van der Waals surface area contributed by atoms with Crippen molar-refractivity contribution in [3.63, 3.8) is 0 Å². The van der Waals surface area contributed by atoms with E-state index in [-0.39, 0.29) is 0 Å². The van der Waals surface area contributed by atoms with E-state index in [2.05, 4.69) is 48.2 Å². The number of hydrogen-bond donors (Lipinski definition) is 0. The lowest BCUT2D eigenvalue weighted by atomic mass is 10.0. The summed E-state index contributed by atoms with van der Waals surface area (Å²) in [6.45, 7) is 5.15. The van der Waals surface area contributed by atoms with Gasteiger partial charge in [0, 0.05) is 6.54 Å². The minimum Gasteiger partial charge on any atom is -0.363 e. The van der Waals surface area contributed by atoms with Crippen LogP contribution < -0.4 is 4.90 Å². The van der Waals surface area contributed by atoms with Gasteiger partial charge in [-0.1, -0.05) is 61.0 Å². The van der Waals surface area contributed by atoms with Gasteiger partial charge in [-0.2, -0.15) is 0 Å². The zero-order valence-electron chi connectivity index (χ0n) is 10.8. The highest BCUT2D eigenvalue weighted by atomic mass is 35.5. The van der Waals surface area contributed by atoms with E-state index in [0.717, 1.165) is 24.4 Å². The monoisotopic (exact) mass is 270 g/mol. The van der Waals surface area contributed by atoms with Crippen LogP contribution in [0.15, 0.2) is 48.5 Å². The van der Waals surface area contributed by atoms with E-state index in [1.54, 1.807) is 0 Å². The third-order valence-electron chi connectivity index (χ3n) is 3.81. The maximum Gasteiger partial charge on any atom is 0.0642 e. The summed E-state index contributed by atoms with van der Waals surface area (Å²) in [5.74, 6) is 0. The fourth-order valence-corrected chi connectivity index (χ4v) is 3.23. The van der Waals surface area contributed by atoms with Gasteiger partial charge in [-0.3, -0.25) is 0 Å². The first-order chi connectivity index (χ1) is 9.31. The van der Waals surface area contributed by atoms with Gasteiger partial charge in [0.25, 0.3) is 0 Å². The molecule has 0 aromatic heterocycles. The molecule has 0 bridgehead atoms. The zero-order valence-corrected chi connectivity index (χ0v) is 11.6. The molecule has 1 atom stereocenters. The highest BCUT2D eigenvalue weighted by molar-refractivity contribution is 6.33. The van der Waals surface area contributed by atoms with E-state index >= 15 is 0 Å². The first kappa shape index (κ1) is 12.6. The molecule has 97 valence electrons. The van der Waals surface area contributed by atoms with Crippen LogP contribution in [0.1, 0.15) is 23.6 Å². The summed E-state index contributed by atoms with van der Waals surface area (Å²) in [4.78, 5) is 2.40. The van der Waals surface area contributed by atoms with Crippen LogP contribution >= 0.6 is 11.6 Å². The molecule has 1 unspecified atom stereocenters. The van der Waals surface area contributed by atoms with Crippen molar-refractivity contribution in [1.82, 2.24) is 0 Å². The number of benzene rings is 2. The predicted octanol–water partition coefficient (Wildman–Crippen LogP) is 4.67. The lowest BCUT2D eigenvalue weighted by molar-refractivity contribution is 0.646. The third kappa shape index (κ3) is 2.23. The third-order valence-corrected chi connectivity index (χ3v) is 4.12. The Morgan fingerprint density at radius 3 is 2.63 bits per heavy atom. The SMILES string of the molecule is [CH2]CC(c1ccccc1)N1CCc2cccc(Cl)c21. The van der Waals surface area contributed by atoms with Gasteiger partial charge in [0.1, 0.15) is 0 Å². The first-order valence-electron chi connectivity index (χ1n) is 6.69. The largest absolute Gasteiger partial charge is 0.363 e. The molecular formula is C17H17ClN. The number of rotatable bonds is 3. The highest BCUT2D eigenvalue weighted by Crippen LogP contribution is 2.40. The molecule has 1 radical (unpaired) electrons. The molecule has 1 aliphatic heterocycles. The molecule has 0 saturated heterocycles. The summed E-state index contributed by atoms with van der Waals surface area (Å²) in [7, 11) is 0. The molecule has 0 aliphatic carbocycles. The maximum atomic E-state index is 6.39. The lowest BCUT2D eigenvalue weighted by Gasteiger charge is -2.30. The van der Waals surface area contributed by atoms with E-state index in [1.807, 2.05) is 12.1 Å². The van der Waals surface area contributed by atoms with Crippen molar-refractivity contribution in [1.29, 1.82) is 0 Å². The van der Waals surface area contributed by atoms with Crippen molar-refractivity contribution >= 4 is 17.3 Å². The average molecular weight is 271 g/mol. The van der Waals surface area contributed by atoms with Gasteiger partial charge >= 0.3 is 0 Å². The van der Waals surface area contributed by atoms with Crippen LogP contribution in [-0.2, 0) is 6.42 Å². The molecule has 0 N–H and O–H groups in total. The number of fused-ring (bicyclic) bond motifs is 1. The number of anilines is 1. The minimum atomic E-state index is 0.308. The summed E-state index contributed by atoms with van der Waals surface area (Å²) in [6.07, 6.45) is 1.91. The Morgan fingerprint density at radius 1 is 1.11 bits per heavy atom. The predicted molar refractivity (Wildman–Crippen MR) is 81.7 cm³/mol. The second kappa shape index (κ2) is 5.26. The van der Waals surface area contributed by atoms with Crippen molar-refractivity contribution in [3.8, 4) is 0 Å². The molecule has 2 aromatic carbocycles. The summed E-state index contributed by atoms with van der Waals surface area (Å²) < 4.78 is 0. The molecule has 1 nitrogen and oxygen atoms in total. The van der Waals surface area contributed by atoms with Crippen LogP contribution in [-0.4, -0.2) is 6.54 Å². The van der Waals surface area contributed by atoms with Gasteiger partial charge < -0.3 is 4.90 Å². The van der Waals surface area contributed by atoms with E-state index < -0.39 is 0 Å². The normalized spacial score (nSPS) is 15.4. The topological polar surface area (TPSA) is 3.24 Å². The summed E-state index contributed by atoms with van der Waals surface area (Å²) in [5, 5.41) is 0.851. The van der Waals surface area contributed by atoms with Crippen LogP contribution in [0.3, 0.4) is 0 Å². The van der Waals surface area contributed by atoms with Gasteiger partial charge in [-0.15, -0.1) is 0 Å². The van der Waals surface area contributed by atoms with E-state index in [0.29, 0.717) is 6.04 Å². The molecule has 0 spiro atoms. The van der Waals surface area contributed by atoms with Crippen molar-refractivity contribution in [3.05, 3.63) is 71.6 Å². The summed E-state index contributed by atoms with van der Waals surface area (Å²) >= 11 is 6.39. The van der Waals surface area contributed by atoms with E-state index in [9.17, 15) is 0 Å². The van der Waals surface area contributed by atoms with Gasteiger partial charge in [0.05, 0.1) is 16.8 Å². The molecule has 2 aromatic rings. The first-order valence-corrected chi connectivity index (χ1v) is 7.07. The van der Waals surface area contributed by atoms with Gasteiger partial charge in [0.2, 0.25) is 0 Å². The smallest absolute Gasteiger partial charge is 0.0642 e. The van der Waals surface area contributed by atoms with Crippen LogP contribution in [0, 0.1) is 6.92 Å². The molecule has 0 saturated carbocycles. The Kier molecular flexibility index (Phi) is 3.48. The number of hydrogen-bond acceptors (Lipinski definition) is 1. The molecule has 2 heteroatoms. The zero-order chi connectivity index (χ0) is 13.2. The molecular weight excluding hydrogens is 254 g/mol. The fraction of sp³-hybridized carbons (Fsp3) is 0.235. The van der Waals surface area contributed by atoms with E-state index in [4.69, 9.17) is 11.6 Å². The van der Waals surface area contributed by atoms with Crippen LogP contribution in [0.4, 0.5) is 5.69 Å². The fourth-order valence-electron chi connectivity index (χ4n) is 2.93. The second-order valence-electron chi connectivity index (χ2n) is 4.91. The van der Waals surface area contributed by atoms with Crippen molar-refractivity contribution in [2.75, 3.05) is 11.4 Å². The Labute approximate surface area is 119 Å². The lowest BCUT2D eigenvalue weighted by Crippen LogP contribution is -2.26. The minimum absolute atomic E-state index is 0.308. The second-order valence-corrected chi connectivity index (χ2v) is 5.31. The molecule has 0 amide bonds. The van der Waals surface area contributed by atoms with Crippen molar-refractivity contribution in [2.24, 2.45) is 0 Å². The molecule has 1 heterocycles. The summed E-state index contributed by atoms with van der Waals surface area (Å²) in [5.41, 5.74) is 3.86. The number of nitrogens with zero attached hydrogens (tertiary/aromatic N) is 1. The Bertz CT molecular complexity index is 565. The highest BCUT2D eigenvalue weighted by Gasteiger charge is 2.27. The Morgan fingerprint density at radius 2 is 1.89 bits per heavy atom. The Balaban J connectivity index is 2.00. The van der Waals surface area contributed by atoms with Crippen LogP contribution in [0.2, 0.25) is 5.02 Å². The number of halogens is 1. The van der Waals surface area contributed by atoms with Gasteiger partial charge in [-0.25, -0.2) is 0 Å².